The van der Waals surface area contributed by atoms with E-state index in [1.54, 1.807) is 14.2 Å². The molecule has 0 saturated carbocycles. The fraction of sp³-hybridized carbons (Fsp3) is 0.438. The zero-order valence-electron chi connectivity index (χ0n) is 13.2. The summed E-state index contributed by atoms with van der Waals surface area (Å²) < 4.78 is 13.5. The van der Waals surface area contributed by atoms with Crippen molar-refractivity contribution in [3.05, 3.63) is 40.4 Å². The quantitative estimate of drug-likeness (QED) is 0.871. The number of ether oxygens (including phenoxy) is 2. The van der Waals surface area contributed by atoms with E-state index in [1.165, 1.54) is 5.69 Å². The zero-order valence-corrected chi connectivity index (χ0v) is 14.0. The molecular formula is C16H22N2O2S. The summed E-state index contributed by atoms with van der Waals surface area (Å²) in [5.74, 6) is 1.46. The molecule has 1 heterocycles. The summed E-state index contributed by atoms with van der Waals surface area (Å²) in [5.41, 5.74) is 2.33. The van der Waals surface area contributed by atoms with Gasteiger partial charge in [0.1, 0.15) is 0 Å². The van der Waals surface area contributed by atoms with Crippen LogP contribution in [0.15, 0.2) is 24.4 Å². The molecule has 0 radical (unpaired) electrons. The fourth-order valence-electron chi connectivity index (χ4n) is 2.34. The first kappa shape index (κ1) is 15.6. The van der Waals surface area contributed by atoms with Crippen molar-refractivity contribution < 1.29 is 9.47 Å². The molecule has 21 heavy (non-hydrogen) atoms. The maximum Gasteiger partial charge on any atom is 0.177 e. The number of hydrogen-bond acceptors (Lipinski definition) is 3. The van der Waals surface area contributed by atoms with Crippen LogP contribution in [0.1, 0.15) is 32.0 Å². The predicted molar refractivity (Wildman–Crippen MR) is 87.0 cm³/mol. The maximum atomic E-state index is 5.40. The largest absolute Gasteiger partial charge is 0.493 e. The van der Waals surface area contributed by atoms with Gasteiger partial charge in [-0.2, -0.15) is 0 Å². The van der Waals surface area contributed by atoms with E-state index in [4.69, 9.17) is 21.7 Å². The molecule has 0 unspecified atom stereocenters. The van der Waals surface area contributed by atoms with Gasteiger partial charge in [0.05, 0.1) is 20.8 Å². The van der Waals surface area contributed by atoms with Crippen LogP contribution in [0, 0.1) is 4.77 Å². The second-order valence-electron chi connectivity index (χ2n) is 6.00. The van der Waals surface area contributed by atoms with Gasteiger partial charge in [-0.05, 0) is 29.9 Å². The Hall–Kier alpha value is -1.75. The highest BCUT2D eigenvalue weighted by Crippen LogP contribution is 2.29. The number of benzene rings is 1. The molecule has 0 saturated heterocycles. The van der Waals surface area contributed by atoms with Crippen molar-refractivity contribution in [3.63, 3.8) is 0 Å². The van der Waals surface area contributed by atoms with Gasteiger partial charge in [-0.25, -0.2) is 0 Å². The molecule has 1 aromatic heterocycles. The van der Waals surface area contributed by atoms with Crippen molar-refractivity contribution >= 4 is 12.2 Å². The summed E-state index contributed by atoms with van der Waals surface area (Å²) in [5, 5.41) is 0. The van der Waals surface area contributed by atoms with E-state index in [2.05, 4.69) is 30.3 Å². The lowest BCUT2D eigenvalue weighted by Gasteiger charge is -2.21. The number of imidazole rings is 1. The molecule has 2 rings (SSSR count). The van der Waals surface area contributed by atoms with Crippen molar-refractivity contribution in [2.75, 3.05) is 14.2 Å². The Labute approximate surface area is 130 Å². The van der Waals surface area contributed by atoms with Gasteiger partial charge in [-0.1, -0.05) is 26.8 Å². The first-order valence-electron chi connectivity index (χ1n) is 6.86. The average molecular weight is 306 g/mol. The van der Waals surface area contributed by atoms with E-state index in [-0.39, 0.29) is 5.41 Å². The second-order valence-corrected chi connectivity index (χ2v) is 6.39. The summed E-state index contributed by atoms with van der Waals surface area (Å²) in [6.45, 7) is 7.23. The fourth-order valence-corrected chi connectivity index (χ4v) is 2.56. The molecular weight excluding hydrogens is 284 g/mol. The molecule has 114 valence electrons. The molecule has 0 aliphatic carbocycles. The lowest BCUT2D eigenvalue weighted by molar-refractivity contribution is 0.354. The third kappa shape index (κ3) is 3.29. The van der Waals surface area contributed by atoms with E-state index in [1.807, 2.05) is 24.4 Å². The van der Waals surface area contributed by atoms with E-state index < -0.39 is 0 Å². The minimum Gasteiger partial charge on any atom is -0.493 e. The number of nitrogens with one attached hydrogen (secondary N) is 1. The molecule has 4 nitrogen and oxygen atoms in total. The predicted octanol–water partition coefficient (Wildman–Crippen LogP) is 3.91. The van der Waals surface area contributed by atoms with Crippen LogP contribution in [0.2, 0.25) is 0 Å². The Bertz CT molecular complexity index is 680. The van der Waals surface area contributed by atoms with Gasteiger partial charge in [0.25, 0.3) is 0 Å². The third-order valence-corrected chi connectivity index (χ3v) is 3.76. The topological polar surface area (TPSA) is 39.2 Å². The standard InChI is InChI=1S/C16H22N2O2S/c1-16(2,3)14-9-17-15(21)18(14)10-11-6-7-12(19-4)13(8-11)20-5/h6-9H,10H2,1-5H3,(H,17,21). The van der Waals surface area contributed by atoms with Crippen molar-refractivity contribution in [3.8, 4) is 11.5 Å². The summed E-state index contributed by atoms with van der Waals surface area (Å²) in [4.78, 5) is 3.14. The lowest BCUT2D eigenvalue weighted by atomic mass is 9.92. The summed E-state index contributed by atoms with van der Waals surface area (Å²) >= 11 is 5.40. The SMILES string of the molecule is COc1ccc(Cn2c(C(C)(C)C)c[nH]c2=S)cc1OC. The Balaban J connectivity index is 2.39. The number of aromatic amines is 1. The molecule has 0 amide bonds. The smallest absolute Gasteiger partial charge is 0.177 e. The van der Waals surface area contributed by atoms with Gasteiger partial charge in [0, 0.05) is 17.3 Å². The van der Waals surface area contributed by atoms with Gasteiger partial charge in [-0.15, -0.1) is 0 Å². The van der Waals surface area contributed by atoms with E-state index in [0.29, 0.717) is 6.54 Å². The van der Waals surface area contributed by atoms with Gasteiger partial charge in [-0.3, -0.25) is 0 Å². The summed E-state index contributed by atoms with van der Waals surface area (Å²) in [6, 6.07) is 5.93. The van der Waals surface area contributed by atoms with Crippen LogP contribution in [0.25, 0.3) is 0 Å². The first-order valence-corrected chi connectivity index (χ1v) is 7.27. The Kier molecular flexibility index (Phi) is 4.42. The van der Waals surface area contributed by atoms with Crippen LogP contribution in [0.3, 0.4) is 0 Å². The van der Waals surface area contributed by atoms with Crippen LogP contribution in [0.4, 0.5) is 0 Å². The summed E-state index contributed by atoms with van der Waals surface area (Å²) in [6.07, 6.45) is 1.99. The van der Waals surface area contributed by atoms with Crippen molar-refractivity contribution in [1.82, 2.24) is 9.55 Å². The van der Waals surface area contributed by atoms with E-state index >= 15 is 0 Å². The van der Waals surface area contributed by atoms with Crippen LogP contribution in [-0.4, -0.2) is 23.8 Å². The number of H-pyrrole nitrogens is 1. The Morgan fingerprint density at radius 1 is 1.14 bits per heavy atom. The van der Waals surface area contributed by atoms with Crippen molar-refractivity contribution in [2.45, 2.75) is 32.7 Å². The Morgan fingerprint density at radius 3 is 2.38 bits per heavy atom. The molecule has 0 atom stereocenters. The van der Waals surface area contributed by atoms with Gasteiger partial charge >= 0.3 is 0 Å². The molecule has 0 aliphatic rings. The Morgan fingerprint density at radius 2 is 1.81 bits per heavy atom. The molecule has 1 N–H and O–H groups in total. The van der Waals surface area contributed by atoms with E-state index in [0.717, 1.165) is 21.8 Å². The summed E-state index contributed by atoms with van der Waals surface area (Å²) in [7, 11) is 3.28. The number of methoxy groups -OCH3 is 2. The maximum absolute atomic E-state index is 5.40. The number of hydrogen-bond donors (Lipinski definition) is 1. The number of aromatic nitrogens is 2. The normalized spacial score (nSPS) is 11.5. The first-order chi connectivity index (χ1) is 9.86. The van der Waals surface area contributed by atoms with Crippen LogP contribution in [0.5, 0.6) is 11.5 Å². The highest BCUT2D eigenvalue weighted by atomic mass is 32.1. The molecule has 2 aromatic rings. The van der Waals surface area contributed by atoms with Crippen LogP contribution < -0.4 is 9.47 Å². The minimum atomic E-state index is 0.0319. The number of rotatable bonds is 4. The monoisotopic (exact) mass is 306 g/mol. The van der Waals surface area contributed by atoms with Crippen molar-refractivity contribution in [1.29, 1.82) is 0 Å². The third-order valence-electron chi connectivity index (χ3n) is 3.43. The van der Waals surface area contributed by atoms with Crippen molar-refractivity contribution in [2.24, 2.45) is 0 Å². The molecule has 5 heteroatoms. The molecule has 0 bridgehead atoms. The van der Waals surface area contributed by atoms with Gasteiger partial charge in [0.15, 0.2) is 16.3 Å². The highest BCUT2D eigenvalue weighted by Gasteiger charge is 2.19. The minimum absolute atomic E-state index is 0.0319. The van der Waals surface area contributed by atoms with Crippen LogP contribution >= 0.6 is 12.2 Å². The van der Waals surface area contributed by atoms with Gasteiger partial charge < -0.3 is 19.0 Å². The average Bonchev–Trinajstić information content (AvgIpc) is 2.80. The lowest BCUT2D eigenvalue weighted by Crippen LogP contribution is -2.18. The molecule has 1 aromatic carbocycles. The molecule has 0 spiro atoms. The second kappa shape index (κ2) is 5.93. The van der Waals surface area contributed by atoms with Crippen LogP contribution in [-0.2, 0) is 12.0 Å². The van der Waals surface area contributed by atoms with E-state index in [9.17, 15) is 0 Å². The zero-order chi connectivity index (χ0) is 15.6. The highest BCUT2D eigenvalue weighted by molar-refractivity contribution is 7.71. The van der Waals surface area contributed by atoms with Gasteiger partial charge in [0.2, 0.25) is 0 Å². The molecule has 0 fully saturated rings. The molecule has 0 aliphatic heterocycles. The number of nitrogens with zero attached hydrogens (tertiary/aromatic N) is 1.